The summed E-state index contributed by atoms with van der Waals surface area (Å²) in [5.74, 6) is 0.0432. The van der Waals surface area contributed by atoms with E-state index in [2.05, 4.69) is 0 Å². The zero-order valence-electron chi connectivity index (χ0n) is 9.80. The van der Waals surface area contributed by atoms with Gasteiger partial charge in [0.15, 0.2) is 0 Å². The molecule has 1 aliphatic rings. The molecule has 1 atom stereocenters. The number of para-hydroxylation sites is 1. The molecule has 92 valence electrons. The van der Waals surface area contributed by atoms with Crippen LogP contribution in [0.1, 0.15) is 18.4 Å². The van der Waals surface area contributed by atoms with Gasteiger partial charge in [-0.05, 0) is 24.5 Å². The molecule has 1 heterocycles. The number of carbonyl (C=O) groups is 1. The monoisotopic (exact) mass is 234 g/mol. The fourth-order valence-electron chi connectivity index (χ4n) is 2.15. The first kappa shape index (κ1) is 11.9. The highest BCUT2D eigenvalue weighted by Crippen LogP contribution is 2.15. The largest absolute Gasteiger partial charge is 0.398 e. The lowest BCUT2D eigenvalue weighted by Crippen LogP contribution is -2.42. The Balaban J connectivity index is 1.99. The van der Waals surface area contributed by atoms with Crippen molar-refractivity contribution in [1.82, 2.24) is 4.90 Å². The van der Waals surface area contributed by atoms with Gasteiger partial charge in [-0.15, -0.1) is 0 Å². The van der Waals surface area contributed by atoms with Gasteiger partial charge < -0.3 is 15.7 Å². The Kier molecular flexibility index (Phi) is 3.64. The summed E-state index contributed by atoms with van der Waals surface area (Å²) in [5, 5.41) is 9.53. The van der Waals surface area contributed by atoms with Crippen LogP contribution in [0.15, 0.2) is 24.3 Å². The number of anilines is 1. The maximum atomic E-state index is 12.0. The summed E-state index contributed by atoms with van der Waals surface area (Å²) in [7, 11) is 0. The van der Waals surface area contributed by atoms with Crippen molar-refractivity contribution in [3.05, 3.63) is 29.8 Å². The third kappa shape index (κ3) is 2.97. The molecule has 1 saturated heterocycles. The summed E-state index contributed by atoms with van der Waals surface area (Å²) in [4.78, 5) is 13.7. The lowest BCUT2D eigenvalue weighted by molar-refractivity contribution is -0.133. The molecule has 0 radical (unpaired) electrons. The second kappa shape index (κ2) is 5.19. The Labute approximate surface area is 101 Å². The van der Waals surface area contributed by atoms with Crippen LogP contribution < -0.4 is 5.73 Å². The number of nitrogen functional groups attached to an aromatic ring is 1. The fourth-order valence-corrected chi connectivity index (χ4v) is 2.15. The van der Waals surface area contributed by atoms with Gasteiger partial charge in [-0.25, -0.2) is 0 Å². The van der Waals surface area contributed by atoms with Crippen molar-refractivity contribution in [2.75, 3.05) is 18.8 Å². The summed E-state index contributed by atoms with van der Waals surface area (Å²) in [6.07, 6.45) is 1.61. The highest BCUT2D eigenvalue weighted by Gasteiger charge is 2.22. The lowest BCUT2D eigenvalue weighted by Gasteiger charge is -2.30. The second-order valence-electron chi connectivity index (χ2n) is 4.51. The van der Waals surface area contributed by atoms with Crippen LogP contribution in [0.2, 0.25) is 0 Å². The third-order valence-corrected chi connectivity index (χ3v) is 3.15. The molecule has 0 aromatic heterocycles. The van der Waals surface area contributed by atoms with Gasteiger partial charge >= 0.3 is 0 Å². The summed E-state index contributed by atoms with van der Waals surface area (Å²) in [5.41, 5.74) is 7.32. The average Bonchev–Trinajstić information content (AvgIpc) is 2.32. The van der Waals surface area contributed by atoms with E-state index in [0.29, 0.717) is 18.7 Å². The van der Waals surface area contributed by atoms with Crippen LogP contribution in [0, 0.1) is 0 Å². The number of carbonyl (C=O) groups excluding carboxylic acids is 1. The van der Waals surface area contributed by atoms with Crippen LogP contribution in [0.4, 0.5) is 5.69 Å². The van der Waals surface area contributed by atoms with E-state index in [0.717, 1.165) is 24.9 Å². The molecule has 2 rings (SSSR count). The van der Waals surface area contributed by atoms with Crippen molar-refractivity contribution in [2.24, 2.45) is 0 Å². The van der Waals surface area contributed by atoms with Gasteiger partial charge in [-0.3, -0.25) is 4.79 Å². The van der Waals surface area contributed by atoms with Crippen LogP contribution in [0.25, 0.3) is 0 Å². The molecule has 0 saturated carbocycles. The first-order valence-corrected chi connectivity index (χ1v) is 5.96. The van der Waals surface area contributed by atoms with Crippen LogP contribution in [0.5, 0.6) is 0 Å². The van der Waals surface area contributed by atoms with Crippen molar-refractivity contribution in [2.45, 2.75) is 25.4 Å². The molecule has 0 aliphatic carbocycles. The molecule has 4 nitrogen and oxygen atoms in total. The zero-order valence-corrected chi connectivity index (χ0v) is 9.80. The molecule has 3 N–H and O–H groups in total. The topological polar surface area (TPSA) is 66.6 Å². The molecule has 1 aromatic carbocycles. The van der Waals surface area contributed by atoms with Gasteiger partial charge in [-0.1, -0.05) is 18.2 Å². The molecule has 0 bridgehead atoms. The van der Waals surface area contributed by atoms with E-state index in [1.165, 1.54) is 0 Å². The van der Waals surface area contributed by atoms with Crippen molar-refractivity contribution in [3.63, 3.8) is 0 Å². The highest BCUT2D eigenvalue weighted by atomic mass is 16.3. The van der Waals surface area contributed by atoms with Gasteiger partial charge in [0.05, 0.1) is 12.5 Å². The summed E-state index contributed by atoms with van der Waals surface area (Å²) < 4.78 is 0. The lowest BCUT2D eigenvalue weighted by atomic mass is 10.1. The van der Waals surface area contributed by atoms with Crippen LogP contribution in [0.3, 0.4) is 0 Å². The minimum atomic E-state index is -0.374. The normalized spacial score (nSPS) is 20.3. The van der Waals surface area contributed by atoms with E-state index in [-0.39, 0.29) is 12.0 Å². The summed E-state index contributed by atoms with van der Waals surface area (Å²) >= 11 is 0. The molecule has 0 unspecified atom stereocenters. The van der Waals surface area contributed by atoms with E-state index in [1.807, 2.05) is 18.2 Å². The number of piperidine rings is 1. The molecular weight excluding hydrogens is 216 g/mol. The van der Waals surface area contributed by atoms with Crippen molar-refractivity contribution >= 4 is 11.6 Å². The van der Waals surface area contributed by atoms with Crippen LogP contribution >= 0.6 is 0 Å². The van der Waals surface area contributed by atoms with Gasteiger partial charge in [-0.2, -0.15) is 0 Å². The number of aliphatic hydroxyl groups is 1. The molecule has 4 heteroatoms. The van der Waals surface area contributed by atoms with Crippen molar-refractivity contribution in [3.8, 4) is 0 Å². The molecule has 1 aromatic rings. The Morgan fingerprint density at radius 2 is 2.24 bits per heavy atom. The van der Waals surface area contributed by atoms with Gasteiger partial charge in [0.1, 0.15) is 0 Å². The number of β-amino-alcohol motifs (C(OH)–C–C–N with tert-alkyl or cyclic N) is 1. The number of hydrogen-bond acceptors (Lipinski definition) is 3. The number of benzene rings is 1. The fraction of sp³-hybridized carbons (Fsp3) is 0.462. The molecule has 0 spiro atoms. The van der Waals surface area contributed by atoms with E-state index in [1.54, 1.807) is 11.0 Å². The Hall–Kier alpha value is -1.55. The minimum Gasteiger partial charge on any atom is -0.398 e. The molecule has 1 fully saturated rings. The zero-order chi connectivity index (χ0) is 12.3. The van der Waals surface area contributed by atoms with E-state index in [9.17, 15) is 9.90 Å². The predicted molar refractivity (Wildman–Crippen MR) is 66.4 cm³/mol. The van der Waals surface area contributed by atoms with Crippen molar-refractivity contribution < 1.29 is 9.90 Å². The maximum absolute atomic E-state index is 12.0. The number of amides is 1. The maximum Gasteiger partial charge on any atom is 0.227 e. The first-order valence-electron chi connectivity index (χ1n) is 5.96. The number of nitrogens with two attached hydrogens (primary N) is 1. The molecule has 1 aliphatic heterocycles. The highest BCUT2D eigenvalue weighted by molar-refractivity contribution is 5.80. The van der Waals surface area contributed by atoms with Gasteiger partial charge in [0.25, 0.3) is 0 Å². The smallest absolute Gasteiger partial charge is 0.227 e. The molecular formula is C13H18N2O2. The van der Waals surface area contributed by atoms with E-state index in [4.69, 9.17) is 5.73 Å². The van der Waals surface area contributed by atoms with E-state index < -0.39 is 0 Å². The third-order valence-electron chi connectivity index (χ3n) is 3.15. The van der Waals surface area contributed by atoms with Crippen molar-refractivity contribution in [1.29, 1.82) is 0 Å². The van der Waals surface area contributed by atoms with Gasteiger partial charge in [0.2, 0.25) is 5.91 Å². The Bertz CT molecular complexity index is 406. The quantitative estimate of drug-likeness (QED) is 0.744. The molecule has 17 heavy (non-hydrogen) atoms. The SMILES string of the molecule is Nc1ccccc1CC(=O)N1CCC[C@H](O)C1. The van der Waals surface area contributed by atoms with Crippen LogP contribution in [-0.2, 0) is 11.2 Å². The predicted octanol–water partition coefficient (Wildman–Crippen LogP) is 0.795. The molecule has 1 amide bonds. The number of aliphatic hydroxyl groups excluding tert-OH is 1. The average molecular weight is 234 g/mol. The number of rotatable bonds is 2. The number of likely N-dealkylation sites (tertiary alicyclic amines) is 1. The Morgan fingerprint density at radius 3 is 2.94 bits per heavy atom. The number of nitrogens with zero attached hydrogens (tertiary/aromatic N) is 1. The Morgan fingerprint density at radius 1 is 1.47 bits per heavy atom. The summed E-state index contributed by atoms with van der Waals surface area (Å²) in [6.45, 7) is 1.19. The van der Waals surface area contributed by atoms with Crippen LogP contribution in [-0.4, -0.2) is 35.1 Å². The second-order valence-corrected chi connectivity index (χ2v) is 4.51. The van der Waals surface area contributed by atoms with Gasteiger partial charge in [0, 0.05) is 18.8 Å². The number of hydrogen-bond donors (Lipinski definition) is 2. The minimum absolute atomic E-state index is 0.0432. The summed E-state index contributed by atoms with van der Waals surface area (Å²) in [6, 6.07) is 7.40. The van der Waals surface area contributed by atoms with E-state index >= 15 is 0 Å². The standard InChI is InChI=1S/C13H18N2O2/c14-12-6-2-1-4-10(12)8-13(17)15-7-3-5-11(16)9-15/h1-2,4,6,11,16H,3,5,7-9,14H2/t11-/m0/s1. The first-order chi connectivity index (χ1) is 8.16.